The van der Waals surface area contributed by atoms with E-state index in [4.69, 9.17) is 0 Å². The summed E-state index contributed by atoms with van der Waals surface area (Å²) in [6, 6.07) is 8.69. The van der Waals surface area contributed by atoms with Crippen LogP contribution in [0.4, 0.5) is 0 Å². The lowest BCUT2D eigenvalue weighted by atomic mass is 10.0. The Kier molecular flexibility index (Phi) is 4.04. The molecule has 0 atom stereocenters. The van der Waals surface area contributed by atoms with Crippen LogP contribution in [-0.4, -0.2) is 14.4 Å². The minimum absolute atomic E-state index is 0.674. The van der Waals surface area contributed by atoms with Crippen LogP contribution in [0.25, 0.3) is 17.0 Å². The highest BCUT2D eigenvalue weighted by molar-refractivity contribution is 9.10. The Balaban J connectivity index is 2.01. The van der Waals surface area contributed by atoms with Crippen LogP contribution < -0.4 is 0 Å². The van der Waals surface area contributed by atoms with Gasteiger partial charge in [0, 0.05) is 17.5 Å². The van der Waals surface area contributed by atoms with Crippen LogP contribution in [0.1, 0.15) is 30.8 Å². The number of halogens is 1. The molecule has 0 amide bonds. The van der Waals surface area contributed by atoms with Crippen molar-refractivity contribution >= 4 is 21.7 Å². The molecule has 0 aliphatic heterocycles. The predicted octanol–water partition coefficient (Wildman–Crippen LogP) is 4.97. The summed E-state index contributed by atoms with van der Waals surface area (Å²) in [4.78, 5) is 9.21. The minimum atomic E-state index is 0.674. The highest BCUT2D eigenvalue weighted by Crippen LogP contribution is 2.25. The van der Waals surface area contributed by atoms with Crippen LogP contribution >= 0.6 is 15.9 Å². The van der Waals surface area contributed by atoms with Gasteiger partial charge in [0.1, 0.15) is 0 Å². The van der Waals surface area contributed by atoms with Gasteiger partial charge in [0.05, 0.1) is 15.9 Å². The molecule has 0 fully saturated rings. The molecule has 3 rings (SSSR count). The highest BCUT2D eigenvalue weighted by atomic mass is 79.9. The number of rotatable bonds is 3. The van der Waals surface area contributed by atoms with E-state index in [2.05, 4.69) is 77.1 Å². The van der Waals surface area contributed by atoms with Gasteiger partial charge in [-0.2, -0.15) is 0 Å². The maximum absolute atomic E-state index is 4.67. The Morgan fingerprint density at radius 1 is 1.09 bits per heavy atom. The van der Waals surface area contributed by atoms with Crippen molar-refractivity contribution in [1.29, 1.82) is 0 Å². The molecule has 0 bridgehead atoms. The van der Waals surface area contributed by atoms with Gasteiger partial charge in [-0.3, -0.25) is 4.40 Å². The lowest BCUT2D eigenvalue weighted by Crippen LogP contribution is -1.97. The van der Waals surface area contributed by atoms with Crippen molar-refractivity contribution in [3.63, 3.8) is 0 Å². The van der Waals surface area contributed by atoms with E-state index in [1.54, 1.807) is 0 Å². The molecule has 0 aliphatic carbocycles. The third kappa shape index (κ3) is 2.80. The first-order valence-electron chi connectivity index (χ1n) is 7.57. The summed E-state index contributed by atoms with van der Waals surface area (Å²) in [7, 11) is 0. The first kappa shape index (κ1) is 15.2. The van der Waals surface area contributed by atoms with Gasteiger partial charge < -0.3 is 0 Å². The molecule has 0 N–H and O–H groups in total. The van der Waals surface area contributed by atoms with Gasteiger partial charge >= 0.3 is 0 Å². The van der Waals surface area contributed by atoms with E-state index >= 15 is 0 Å². The number of aromatic nitrogens is 3. The van der Waals surface area contributed by atoms with Crippen LogP contribution in [0.3, 0.4) is 0 Å². The predicted molar refractivity (Wildman–Crippen MR) is 94.1 cm³/mol. The molecule has 2 aromatic heterocycles. The zero-order valence-electron chi connectivity index (χ0n) is 13.4. The Morgan fingerprint density at radius 2 is 1.77 bits per heavy atom. The van der Waals surface area contributed by atoms with Crippen molar-refractivity contribution in [2.24, 2.45) is 5.92 Å². The van der Waals surface area contributed by atoms with Crippen molar-refractivity contribution in [2.75, 3.05) is 0 Å². The second-order valence-electron chi connectivity index (χ2n) is 6.19. The number of hydrogen-bond acceptors (Lipinski definition) is 2. The molecular weight excluding hydrogens is 338 g/mol. The minimum Gasteiger partial charge on any atom is -0.287 e. The van der Waals surface area contributed by atoms with Crippen LogP contribution in [0, 0.1) is 19.8 Å². The highest BCUT2D eigenvalue weighted by Gasteiger charge is 2.11. The molecule has 3 nitrogen and oxygen atoms in total. The molecule has 0 aliphatic rings. The Labute approximate surface area is 139 Å². The van der Waals surface area contributed by atoms with E-state index in [-0.39, 0.29) is 0 Å². The van der Waals surface area contributed by atoms with Gasteiger partial charge in [0.2, 0.25) is 5.78 Å². The monoisotopic (exact) mass is 357 g/mol. The lowest BCUT2D eigenvalue weighted by Gasteiger charge is -2.05. The van der Waals surface area contributed by atoms with Gasteiger partial charge in [0.15, 0.2) is 0 Å². The van der Waals surface area contributed by atoms with Crippen LogP contribution in [0.15, 0.2) is 34.9 Å². The van der Waals surface area contributed by atoms with E-state index in [0.717, 1.165) is 39.3 Å². The van der Waals surface area contributed by atoms with Crippen LogP contribution in [0.2, 0.25) is 0 Å². The van der Waals surface area contributed by atoms with Gasteiger partial charge in [-0.05, 0) is 47.7 Å². The summed E-state index contributed by atoms with van der Waals surface area (Å²) in [5.41, 5.74) is 5.55. The van der Waals surface area contributed by atoms with Crippen molar-refractivity contribution in [2.45, 2.75) is 34.1 Å². The summed E-state index contributed by atoms with van der Waals surface area (Å²) >= 11 is 3.59. The number of aryl methyl sites for hydroxylation is 2. The fraction of sp³-hybridized carbons (Fsp3) is 0.333. The summed E-state index contributed by atoms with van der Waals surface area (Å²) < 4.78 is 3.07. The number of fused-ring (bicyclic) bond motifs is 1. The van der Waals surface area contributed by atoms with Crippen molar-refractivity contribution in [3.8, 4) is 11.3 Å². The van der Waals surface area contributed by atoms with Crippen molar-refractivity contribution in [1.82, 2.24) is 14.4 Å². The van der Waals surface area contributed by atoms with E-state index in [0.29, 0.717) is 5.92 Å². The molecule has 114 valence electrons. The van der Waals surface area contributed by atoms with Crippen LogP contribution in [-0.2, 0) is 6.42 Å². The average Bonchev–Trinajstić information content (AvgIpc) is 2.89. The summed E-state index contributed by atoms with van der Waals surface area (Å²) in [5.74, 6) is 1.42. The first-order valence-corrected chi connectivity index (χ1v) is 8.36. The van der Waals surface area contributed by atoms with Gasteiger partial charge in [-0.15, -0.1) is 0 Å². The molecule has 0 spiro atoms. The molecule has 0 saturated carbocycles. The zero-order chi connectivity index (χ0) is 15.9. The van der Waals surface area contributed by atoms with E-state index < -0.39 is 0 Å². The maximum atomic E-state index is 4.67. The van der Waals surface area contributed by atoms with Crippen molar-refractivity contribution in [3.05, 3.63) is 51.9 Å². The SMILES string of the molecule is Cc1nc2nc(-c3ccc(CC(C)C)cc3)cn2c(C)c1Br. The second kappa shape index (κ2) is 5.84. The second-order valence-corrected chi connectivity index (χ2v) is 6.98. The van der Waals surface area contributed by atoms with Gasteiger partial charge in [-0.1, -0.05) is 38.1 Å². The van der Waals surface area contributed by atoms with Gasteiger partial charge in [-0.25, -0.2) is 9.97 Å². The molecule has 22 heavy (non-hydrogen) atoms. The molecule has 3 aromatic rings. The third-order valence-corrected chi connectivity index (χ3v) is 4.99. The molecule has 4 heteroatoms. The molecular formula is C18H20BrN3. The average molecular weight is 358 g/mol. The van der Waals surface area contributed by atoms with E-state index in [1.165, 1.54) is 5.56 Å². The summed E-state index contributed by atoms with van der Waals surface area (Å²) in [6.45, 7) is 8.55. The molecule has 0 unspecified atom stereocenters. The van der Waals surface area contributed by atoms with E-state index in [9.17, 15) is 0 Å². The molecule has 1 aromatic carbocycles. The smallest absolute Gasteiger partial charge is 0.234 e. The topological polar surface area (TPSA) is 30.2 Å². The number of imidazole rings is 1. The third-order valence-electron chi connectivity index (χ3n) is 3.85. The zero-order valence-corrected chi connectivity index (χ0v) is 15.0. The first-order chi connectivity index (χ1) is 10.5. The standard InChI is InChI=1S/C18H20BrN3/c1-11(2)9-14-5-7-15(8-6-14)16-10-22-13(4)17(19)12(3)20-18(22)21-16/h5-8,10-11H,9H2,1-4H3. The summed E-state index contributed by atoms with van der Waals surface area (Å²) in [6.07, 6.45) is 3.16. The number of nitrogens with zero attached hydrogens (tertiary/aromatic N) is 3. The Hall–Kier alpha value is -1.68. The van der Waals surface area contributed by atoms with E-state index in [1.807, 2.05) is 11.3 Å². The quantitative estimate of drug-likeness (QED) is 0.661. The molecule has 0 radical (unpaired) electrons. The Morgan fingerprint density at radius 3 is 2.41 bits per heavy atom. The van der Waals surface area contributed by atoms with Gasteiger partial charge in [0.25, 0.3) is 0 Å². The Bertz CT molecular complexity index is 816. The summed E-state index contributed by atoms with van der Waals surface area (Å²) in [5, 5.41) is 0. The molecule has 2 heterocycles. The van der Waals surface area contributed by atoms with Crippen molar-refractivity contribution < 1.29 is 0 Å². The largest absolute Gasteiger partial charge is 0.287 e. The molecule has 0 saturated heterocycles. The lowest BCUT2D eigenvalue weighted by molar-refractivity contribution is 0.647. The normalized spacial score (nSPS) is 11.5. The fourth-order valence-electron chi connectivity index (χ4n) is 2.68. The van der Waals surface area contributed by atoms with Crippen LogP contribution in [0.5, 0.6) is 0 Å². The number of hydrogen-bond donors (Lipinski definition) is 0. The fourth-order valence-corrected chi connectivity index (χ4v) is 2.96. The maximum Gasteiger partial charge on any atom is 0.234 e. The number of benzene rings is 1.